The Kier molecular flexibility index (Phi) is 5.18. The molecule has 0 fully saturated rings. The Morgan fingerprint density at radius 2 is 1.45 bits per heavy atom. The molecule has 1 N–H and O–H groups in total. The molecular weight excluding hydrogens is 256 g/mol. The molecule has 108 valence electrons. The Morgan fingerprint density at radius 1 is 0.950 bits per heavy atom. The number of carbonyl (C=O) groups is 1. The first-order chi connectivity index (χ1) is 9.71. The highest BCUT2D eigenvalue weighted by molar-refractivity contribution is 5.78. The Balaban J connectivity index is 1.72. The smallest absolute Gasteiger partial charge is 0.133 e. The number of furan rings is 2. The van der Waals surface area contributed by atoms with E-state index in [1.165, 1.54) is 0 Å². The molecule has 2 aromatic rings. The minimum Gasteiger partial charge on any atom is -0.466 e. The molecule has 0 spiro atoms. The van der Waals surface area contributed by atoms with Crippen LogP contribution in [0.3, 0.4) is 0 Å². The van der Waals surface area contributed by atoms with Gasteiger partial charge in [-0.15, -0.1) is 0 Å². The van der Waals surface area contributed by atoms with Crippen LogP contribution in [0.2, 0.25) is 0 Å². The number of aliphatic hydroxyl groups is 1. The first-order valence-corrected chi connectivity index (χ1v) is 6.99. The predicted molar refractivity (Wildman–Crippen MR) is 74.4 cm³/mol. The Bertz CT molecular complexity index is 502. The van der Waals surface area contributed by atoms with E-state index in [2.05, 4.69) is 0 Å². The van der Waals surface area contributed by atoms with Gasteiger partial charge in [-0.05, 0) is 24.3 Å². The fourth-order valence-electron chi connectivity index (χ4n) is 2.04. The average molecular weight is 276 g/mol. The first kappa shape index (κ1) is 14.6. The summed E-state index contributed by atoms with van der Waals surface area (Å²) in [5.41, 5.74) is 0. The monoisotopic (exact) mass is 276 g/mol. The van der Waals surface area contributed by atoms with E-state index in [1.807, 2.05) is 19.1 Å². The molecule has 4 heteroatoms. The molecule has 0 aliphatic rings. The fraction of sp³-hybridized carbons (Fsp3) is 0.438. The lowest BCUT2D eigenvalue weighted by atomic mass is 10.1. The second kappa shape index (κ2) is 7.10. The minimum absolute atomic E-state index is 0.105. The van der Waals surface area contributed by atoms with Gasteiger partial charge < -0.3 is 13.9 Å². The second-order valence-corrected chi connectivity index (χ2v) is 4.79. The van der Waals surface area contributed by atoms with Crippen molar-refractivity contribution in [2.24, 2.45) is 0 Å². The normalized spacial score (nSPS) is 10.9. The van der Waals surface area contributed by atoms with Gasteiger partial charge in [0.05, 0.1) is 0 Å². The van der Waals surface area contributed by atoms with E-state index in [4.69, 9.17) is 13.9 Å². The zero-order chi connectivity index (χ0) is 14.4. The van der Waals surface area contributed by atoms with Crippen molar-refractivity contribution in [1.29, 1.82) is 0 Å². The van der Waals surface area contributed by atoms with Crippen molar-refractivity contribution >= 4 is 5.78 Å². The van der Waals surface area contributed by atoms with Crippen LogP contribution < -0.4 is 0 Å². The van der Waals surface area contributed by atoms with Gasteiger partial charge in [0, 0.05) is 32.1 Å². The molecule has 2 heterocycles. The first-order valence-electron chi connectivity index (χ1n) is 6.99. The largest absolute Gasteiger partial charge is 0.466 e. The molecule has 0 unspecified atom stereocenters. The number of Topliss-reactive ketones (excluding diaryl/α,β-unsaturated/α-hetero) is 1. The van der Waals surface area contributed by atoms with Crippen LogP contribution in [0.5, 0.6) is 0 Å². The predicted octanol–water partition coefficient (Wildman–Crippen LogP) is 3.06. The van der Waals surface area contributed by atoms with Gasteiger partial charge in [0.25, 0.3) is 0 Å². The molecule has 2 aromatic heterocycles. The minimum atomic E-state index is -0.105. The Morgan fingerprint density at radius 3 is 1.90 bits per heavy atom. The van der Waals surface area contributed by atoms with Crippen molar-refractivity contribution in [2.45, 2.75) is 45.6 Å². The van der Waals surface area contributed by atoms with E-state index in [0.717, 1.165) is 23.7 Å². The molecule has 0 atom stereocenters. The van der Waals surface area contributed by atoms with Crippen LogP contribution in [-0.4, -0.2) is 10.9 Å². The summed E-state index contributed by atoms with van der Waals surface area (Å²) in [6, 6.07) is 7.43. The van der Waals surface area contributed by atoms with Crippen molar-refractivity contribution in [3.63, 3.8) is 0 Å². The van der Waals surface area contributed by atoms with Gasteiger partial charge in [0.1, 0.15) is 35.4 Å². The number of hydrogen-bond acceptors (Lipinski definition) is 4. The summed E-state index contributed by atoms with van der Waals surface area (Å²) in [6.07, 6.45) is 3.06. The van der Waals surface area contributed by atoms with Gasteiger partial charge in [-0.25, -0.2) is 0 Å². The van der Waals surface area contributed by atoms with E-state index < -0.39 is 0 Å². The van der Waals surface area contributed by atoms with Crippen molar-refractivity contribution in [1.82, 2.24) is 0 Å². The average Bonchev–Trinajstić information content (AvgIpc) is 3.11. The molecule has 0 aliphatic carbocycles. The van der Waals surface area contributed by atoms with Gasteiger partial charge in [0.15, 0.2) is 0 Å². The third-order valence-electron chi connectivity index (χ3n) is 3.24. The lowest BCUT2D eigenvalue weighted by Crippen LogP contribution is -2.01. The lowest BCUT2D eigenvalue weighted by molar-refractivity contribution is -0.119. The summed E-state index contributed by atoms with van der Waals surface area (Å²) in [5, 5.41) is 8.89. The van der Waals surface area contributed by atoms with Crippen molar-refractivity contribution in [3.8, 4) is 0 Å². The van der Waals surface area contributed by atoms with Crippen molar-refractivity contribution in [2.75, 3.05) is 0 Å². The van der Waals surface area contributed by atoms with Crippen LogP contribution in [0.1, 0.15) is 42.8 Å². The number of hydrogen-bond donors (Lipinski definition) is 1. The summed E-state index contributed by atoms with van der Waals surface area (Å²) in [5.74, 6) is 3.31. The molecule has 0 aliphatic heterocycles. The Labute approximate surface area is 118 Å². The highest BCUT2D eigenvalue weighted by Crippen LogP contribution is 2.13. The zero-order valence-electron chi connectivity index (χ0n) is 11.7. The molecule has 4 nitrogen and oxygen atoms in total. The highest BCUT2D eigenvalue weighted by Gasteiger charge is 2.08. The van der Waals surface area contributed by atoms with Crippen LogP contribution in [0, 0.1) is 0 Å². The van der Waals surface area contributed by atoms with E-state index in [1.54, 1.807) is 12.1 Å². The van der Waals surface area contributed by atoms with Gasteiger partial charge >= 0.3 is 0 Å². The number of aliphatic hydroxyl groups excluding tert-OH is 1. The molecule has 20 heavy (non-hydrogen) atoms. The van der Waals surface area contributed by atoms with E-state index in [9.17, 15) is 4.79 Å². The van der Waals surface area contributed by atoms with Gasteiger partial charge in [0.2, 0.25) is 0 Å². The zero-order valence-corrected chi connectivity index (χ0v) is 11.7. The lowest BCUT2D eigenvalue weighted by Gasteiger charge is -1.99. The summed E-state index contributed by atoms with van der Waals surface area (Å²) < 4.78 is 10.9. The van der Waals surface area contributed by atoms with E-state index >= 15 is 0 Å². The molecular formula is C16H20O4. The van der Waals surface area contributed by atoms with Gasteiger partial charge in [-0.1, -0.05) is 6.92 Å². The summed E-state index contributed by atoms with van der Waals surface area (Å²) in [6.45, 7) is 1.93. The number of aryl methyl sites for hydroxylation is 3. The maximum Gasteiger partial charge on any atom is 0.133 e. The van der Waals surface area contributed by atoms with Crippen LogP contribution >= 0.6 is 0 Å². The molecule has 0 radical (unpaired) electrons. The molecule has 0 aromatic carbocycles. The number of carbonyl (C=O) groups excluding carboxylic acids is 1. The van der Waals surface area contributed by atoms with Crippen molar-refractivity contribution < 1.29 is 18.7 Å². The second-order valence-electron chi connectivity index (χ2n) is 4.79. The SMILES string of the molecule is CCc1ccc(CCC(=O)CCc2ccc(CO)o2)o1. The van der Waals surface area contributed by atoms with Crippen LogP contribution in [0.25, 0.3) is 0 Å². The molecule has 0 saturated carbocycles. The molecule has 0 bridgehead atoms. The van der Waals surface area contributed by atoms with Crippen LogP contribution in [0.4, 0.5) is 0 Å². The topological polar surface area (TPSA) is 63.6 Å². The summed E-state index contributed by atoms with van der Waals surface area (Å²) in [4.78, 5) is 11.8. The summed E-state index contributed by atoms with van der Waals surface area (Å²) >= 11 is 0. The molecule has 0 amide bonds. The standard InChI is InChI=1S/C16H20O4/c1-2-13-7-8-14(19-13)5-3-12(18)4-6-15-9-10-16(11-17)20-15/h7-10,17H,2-6,11H2,1H3. The van der Waals surface area contributed by atoms with Gasteiger partial charge in [-0.3, -0.25) is 4.79 Å². The third kappa shape index (κ3) is 4.10. The van der Waals surface area contributed by atoms with Crippen molar-refractivity contribution in [3.05, 3.63) is 47.3 Å². The van der Waals surface area contributed by atoms with Crippen LogP contribution in [-0.2, 0) is 30.7 Å². The fourth-order valence-corrected chi connectivity index (χ4v) is 2.04. The molecule has 0 saturated heterocycles. The maximum atomic E-state index is 11.8. The number of rotatable bonds is 8. The summed E-state index contributed by atoms with van der Waals surface area (Å²) in [7, 11) is 0. The van der Waals surface area contributed by atoms with Gasteiger partial charge in [-0.2, -0.15) is 0 Å². The maximum absolute atomic E-state index is 11.8. The van der Waals surface area contributed by atoms with Crippen LogP contribution in [0.15, 0.2) is 33.1 Å². The quantitative estimate of drug-likeness (QED) is 0.804. The third-order valence-corrected chi connectivity index (χ3v) is 3.24. The number of ketones is 1. The highest BCUT2D eigenvalue weighted by atomic mass is 16.4. The Hall–Kier alpha value is -1.81. The van der Waals surface area contributed by atoms with E-state index in [-0.39, 0.29) is 12.4 Å². The molecule has 2 rings (SSSR count). The van der Waals surface area contributed by atoms with E-state index in [0.29, 0.717) is 31.4 Å².